The zero-order valence-corrected chi connectivity index (χ0v) is 12.4. The van der Waals surface area contributed by atoms with Gasteiger partial charge >= 0.3 is 0 Å². The number of hydrogen-bond acceptors (Lipinski definition) is 1. The predicted octanol–water partition coefficient (Wildman–Crippen LogP) is 5.38. The van der Waals surface area contributed by atoms with Crippen molar-refractivity contribution in [3.8, 4) is 0 Å². The van der Waals surface area contributed by atoms with Gasteiger partial charge in [-0.1, -0.05) is 45.1 Å². The van der Waals surface area contributed by atoms with Crippen LogP contribution < -0.4 is 0 Å². The van der Waals surface area contributed by atoms with Gasteiger partial charge in [-0.25, -0.2) is 4.39 Å². The number of ketones is 1. The zero-order chi connectivity index (χ0) is 14.3. The van der Waals surface area contributed by atoms with E-state index in [1.165, 1.54) is 31.7 Å². The fraction of sp³-hybridized carbons (Fsp3) is 0.588. The smallest absolute Gasteiger partial charge is 0.166 e. The van der Waals surface area contributed by atoms with Crippen LogP contribution in [0.3, 0.4) is 0 Å². The maximum atomic E-state index is 13.8. The molecule has 1 aromatic carbocycles. The first-order chi connectivity index (χ1) is 9.06. The van der Waals surface area contributed by atoms with Gasteiger partial charge in [-0.15, -0.1) is 0 Å². The van der Waals surface area contributed by atoms with Crippen molar-refractivity contribution < 1.29 is 9.18 Å². The Kier molecular flexibility index (Phi) is 6.75. The molecule has 0 heterocycles. The molecule has 0 saturated heterocycles. The normalized spacial score (nSPS) is 10.7. The van der Waals surface area contributed by atoms with Crippen molar-refractivity contribution in [2.45, 2.75) is 65.7 Å². The summed E-state index contributed by atoms with van der Waals surface area (Å²) in [6, 6.07) is 3.32. The van der Waals surface area contributed by atoms with Crippen LogP contribution in [-0.4, -0.2) is 5.78 Å². The fourth-order valence-corrected chi connectivity index (χ4v) is 2.46. The number of benzene rings is 1. The van der Waals surface area contributed by atoms with Crippen molar-refractivity contribution in [1.29, 1.82) is 0 Å². The summed E-state index contributed by atoms with van der Waals surface area (Å²) in [7, 11) is 0. The molecular formula is C17H25FO. The second-order valence-electron chi connectivity index (χ2n) is 5.38. The third kappa shape index (κ3) is 5.14. The monoisotopic (exact) mass is 264 g/mol. The highest BCUT2D eigenvalue weighted by Crippen LogP contribution is 2.19. The Balaban J connectivity index is 2.46. The van der Waals surface area contributed by atoms with Gasteiger partial charge in [0.1, 0.15) is 5.82 Å². The standard InChI is InChI=1S/C17H25FO/c1-4-5-6-7-8-9-10-16(19)17-14(3)11-13(2)12-15(17)18/h11-12H,4-10H2,1-3H3. The first-order valence-corrected chi connectivity index (χ1v) is 7.36. The summed E-state index contributed by atoms with van der Waals surface area (Å²) >= 11 is 0. The molecule has 0 amide bonds. The molecule has 0 fully saturated rings. The Morgan fingerprint density at radius 1 is 1.05 bits per heavy atom. The van der Waals surface area contributed by atoms with Crippen molar-refractivity contribution in [1.82, 2.24) is 0 Å². The van der Waals surface area contributed by atoms with Crippen LogP contribution in [0.2, 0.25) is 0 Å². The molecule has 19 heavy (non-hydrogen) atoms. The minimum absolute atomic E-state index is 0.0505. The van der Waals surface area contributed by atoms with E-state index in [4.69, 9.17) is 0 Å². The first-order valence-electron chi connectivity index (χ1n) is 7.36. The van der Waals surface area contributed by atoms with Crippen molar-refractivity contribution >= 4 is 5.78 Å². The van der Waals surface area contributed by atoms with Crippen LogP contribution in [0.15, 0.2) is 12.1 Å². The minimum Gasteiger partial charge on any atom is -0.294 e. The lowest BCUT2D eigenvalue weighted by molar-refractivity contribution is 0.0974. The molecule has 2 heteroatoms. The summed E-state index contributed by atoms with van der Waals surface area (Å²) in [5, 5.41) is 0. The molecule has 0 aliphatic rings. The van der Waals surface area contributed by atoms with E-state index < -0.39 is 0 Å². The molecule has 0 aliphatic carbocycles. The molecule has 0 atom stereocenters. The van der Waals surface area contributed by atoms with E-state index in [1.807, 2.05) is 19.9 Å². The maximum absolute atomic E-state index is 13.8. The molecule has 0 unspecified atom stereocenters. The van der Waals surface area contributed by atoms with E-state index in [1.54, 1.807) is 0 Å². The van der Waals surface area contributed by atoms with Gasteiger partial charge in [0.25, 0.3) is 0 Å². The topological polar surface area (TPSA) is 17.1 Å². The highest BCUT2D eigenvalue weighted by Gasteiger charge is 2.14. The SMILES string of the molecule is CCCCCCCCC(=O)c1c(C)cc(C)cc1F. The molecule has 0 radical (unpaired) electrons. The molecule has 1 nitrogen and oxygen atoms in total. The summed E-state index contributed by atoms with van der Waals surface area (Å²) in [5.74, 6) is -0.418. The zero-order valence-electron chi connectivity index (χ0n) is 12.4. The fourth-order valence-electron chi connectivity index (χ4n) is 2.46. The van der Waals surface area contributed by atoms with Crippen molar-refractivity contribution in [3.05, 3.63) is 34.6 Å². The molecule has 0 spiro atoms. The third-order valence-electron chi connectivity index (χ3n) is 3.47. The van der Waals surface area contributed by atoms with Crippen molar-refractivity contribution in [3.63, 3.8) is 0 Å². The van der Waals surface area contributed by atoms with Gasteiger partial charge < -0.3 is 0 Å². The van der Waals surface area contributed by atoms with Gasteiger partial charge in [0.15, 0.2) is 5.78 Å². The van der Waals surface area contributed by atoms with E-state index in [-0.39, 0.29) is 11.6 Å². The average molecular weight is 264 g/mol. The van der Waals surface area contributed by atoms with Gasteiger partial charge in [0, 0.05) is 6.42 Å². The van der Waals surface area contributed by atoms with Crippen molar-refractivity contribution in [2.75, 3.05) is 0 Å². The average Bonchev–Trinajstić information content (AvgIpc) is 2.32. The maximum Gasteiger partial charge on any atom is 0.166 e. The Bertz CT molecular complexity index is 400. The second kappa shape index (κ2) is 8.08. The van der Waals surface area contributed by atoms with E-state index in [0.29, 0.717) is 12.0 Å². The Hall–Kier alpha value is -1.18. The lowest BCUT2D eigenvalue weighted by Crippen LogP contribution is -2.05. The number of halogens is 1. The van der Waals surface area contributed by atoms with Gasteiger partial charge in [-0.2, -0.15) is 0 Å². The Morgan fingerprint density at radius 2 is 1.68 bits per heavy atom. The number of carbonyl (C=O) groups is 1. The number of aryl methyl sites for hydroxylation is 2. The molecule has 0 saturated carbocycles. The van der Waals surface area contributed by atoms with Gasteiger partial charge in [-0.05, 0) is 37.5 Å². The van der Waals surface area contributed by atoms with Gasteiger partial charge in [-0.3, -0.25) is 4.79 Å². The van der Waals surface area contributed by atoms with Crippen LogP contribution in [0, 0.1) is 19.7 Å². The lowest BCUT2D eigenvalue weighted by Gasteiger charge is -2.08. The first kappa shape index (κ1) is 15.9. The summed E-state index contributed by atoms with van der Waals surface area (Å²) in [4.78, 5) is 12.0. The minimum atomic E-state index is -0.367. The van der Waals surface area contributed by atoms with Crippen LogP contribution in [0.25, 0.3) is 0 Å². The summed E-state index contributed by atoms with van der Waals surface area (Å²) in [6.07, 6.45) is 7.31. The van der Waals surface area contributed by atoms with Gasteiger partial charge in [0.05, 0.1) is 5.56 Å². The summed E-state index contributed by atoms with van der Waals surface area (Å²) in [6.45, 7) is 5.84. The van der Waals surface area contributed by atoms with Crippen LogP contribution >= 0.6 is 0 Å². The van der Waals surface area contributed by atoms with Gasteiger partial charge in [0.2, 0.25) is 0 Å². The third-order valence-corrected chi connectivity index (χ3v) is 3.47. The largest absolute Gasteiger partial charge is 0.294 e. The number of unbranched alkanes of at least 4 members (excludes halogenated alkanes) is 5. The number of rotatable bonds is 8. The molecule has 1 aromatic rings. The van der Waals surface area contributed by atoms with Crippen LogP contribution in [0.1, 0.15) is 73.4 Å². The number of carbonyl (C=O) groups excluding carboxylic acids is 1. The Morgan fingerprint density at radius 3 is 2.32 bits per heavy atom. The van der Waals surface area contributed by atoms with Crippen molar-refractivity contribution in [2.24, 2.45) is 0 Å². The van der Waals surface area contributed by atoms with Crippen LogP contribution in [-0.2, 0) is 0 Å². The van der Waals surface area contributed by atoms with E-state index in [0.717, 1.165) is 24.0 Å². The Labute approximate surface area is 116 Å². The molecule has 0 bridgehead atoms. The molecule has 0 N–H and O–H groups in total. The molecule has 0 aromatic heterocycles. The van der Waals surface area contributed by atoms with E-state index in [9.17, 15) is 9.18 Å². The second-order valence-corrected chi connectivity index (χ2v) is 5.38. The molecule has 0 aliphatic heterocycles. The van der Waals surface area contributed by atoms with Crippen LogP contribution in [0.5, 0.6) is 0 Å². The molecule has 1 rings (SSSR count). The van der Waals surface area contributed by atoms with E-state index in [2.05, 4.69) is 6.92 Å². The summed E-state index contributed by atoms with van der Waals surface area (Å²) < 4.78 is 13.8. The lowest BCUT2D eigenvalue weighted by atomic mass is 9.97. The predicted molar refractivity (Wildman–Crippen MR) is 78.2 cm³/mol. The molecule has 106 valence electrons. The highest BCUT2D eigenvalue weighted by molar-refractivity contribution is 5.97. The van der Waals surface area contributed by atoms with E-state index >= 15 is 0 Å². The highest BCUT2D eigenvalue weighted by atomic mass is 19.1. The van der Waals surface area contributed by atoms with Crippen LogP contribution in [0.4, 0.5) is 4.39 Å². The number of Topliss-reactive ketones (excluding diaryl/α,β-unsaturated/α-hetero) is 1. The summed E-state index contributed by atoms with van der Waals surface area (Å²) in [5.41, 5.74) is 1.92. The molecular weight excluding hydrogens is 239 g/mol. The number of hydrogen-bond donors (Lipinski definition) is 0. The quantitative estimate of drug-likeness (QED) is 0.455.